The molecule has 4 rings (SSSR count). The van der Waals surface area contributed by atoms with E-state index in [0.29, 0.717) is 45.3 Å². The lowest BCUT2D eigenvalue weighted by Crippen LogP contribution is -2.29. The van der Waals surface area contributed by atoms with Gasteiger partial charge in [0.05, 0.1) is 24.9 Å². The third kappa shape index (κ3) is 5.57. The molecule has 188 valence electrons. The number of nitrogens with one attached hydrogen (secondary N) is 1. The zero-order valence-corrected chi connectivity index (χ0v) is 21.9. The van der Waals surface area contributed by atoms with E-state index in [9.17, 15) is 9.59 Å². The second-order valence-corrected chi connectivity index (χ2v) is 9.56. The number of anilines is 1. The van der Waals surface area contributed by atoms with Gasteiger partial charge < -0.3 is 14.8 Å². The molecule has 1 atom stereocenters. The van der Waals surface area contributed by atoms with E-state index in [-0.39, 0.29) is 0 Å². The fourth-order valence-electron chi connectivity index (χ4n) is 3.83. The molecule has 36 heavy (non-hydrogen) atoms. The predicted molar refractivity (Wildman–Crippen MR) is 139 cm³/mol. The van der Waals surface area contributed by atoms with Crippen molar-refractivity contribution in [2.45, 2.75) is 43.6 Å². The second kappa shape index (κ2) is 11.6. The van der Waals surface area contributed by atoms with Gasteiger partial charge in [-0.15, -0.1) is 5.10 Å². The first-order valence-corrected chi connectivity index (χ1v) is 12.9. The van der Waals surface area contributed by atoms with Gasteiger partial charge in [-0.05, 0) is 42.7 Å². The molecular weight excluding hydrogens is 500 g/mol. The molecule has 0 amide bonds. The van der Waals surface area contributed by atoms with Gasteiger partial charge in [0.2, 0.25) is 11.1 Å². The zero-order chi connectivity index (χ0) is 25.7. The molecule has 0 fully saturated rings. The van der Waals surface area contributed by atoms with Crippen molar-refractivity contribution in [3.8, 4) is 0 Å². The Labute approximate surface area is 219 Å². The molecule has 8 nitrogen and oxygen atoms in total. The molecule has 2 aromatic carbocycles. The highest BCUT2D eigenvalue weighted by Crippen LogP contribution is 2.37. The Bertz CT molecular complexity index is 1290. The minimum atomic E-state index is -0.579. The van der Waals surface area contributed by atoms with Crippen molar-refractivity contribution in [3.05, 3.63) is 81.5 Å². The standard InChI is InChI=1S/C26H27ClN4O4S/c1-4-5-14-35-24(33)21-16(2)28-25-29-26(36-15-19-8-6-7-9-20(19)27)30-31(25)22(21)17-10-12-18(13-11-17)23(32)34-3/h6-13,22H,4-5,14-15H2,1-3H3,(H,28,29,30). The number of esters is 2. The molecule has 0 saturated heterocycles. The Morgan fingerprint density at radius 3 is 2.58 bits per heavy atom. The van der Waals surface area contributed by atoms with Crippen LogP contribution in [-0.2, 0) is 20.0 Å². The number of ether oxygens (including phenoxy) is 2. The van der Waals surface area contributed by atoms with Gasteiger partial charge in [-0.3, -0.25) is 0 Å². The van der Waals surface area contributed by atoms with Crippen LogP contribution in [0.4, 0.5) is 5.95 Å². The lowest BCUT2D eigenvalue weighted by molar-refractivity contribution is -0.139. The maximum absolute atomic E-state index is 13.2. The predicted octanol–water partition coefficient (Wildman–Crippen LogP) is 5.64. The maximum atomic E-state index is 13.2. The number of aromatic nitrogens is 3. The van der Waals surface area contributed by atoms with Gasteiger partial charge >= 0.3 is 11.9 Å². The number of fused-ring (bicyclic) bond motifs is 1. The van der Waals surface area contributed by atoms with Gasteiger partial charge in [0.1, 0.15) is 6.04 Å². The number of carbonyl (C=O) groups is 2. The summed E-state index contributed by atoms with van der Waals surface area (Å²) in [5.74, 6) is 0.264. The van der Waals surface area contributed by atoms with E-state index in [0.717, 1.165) is 24.0 Å². The third-order valence-electron chi connectivity index (χ3n) is 5.75. The van der Waals surface area contributed by atoms with Gasteiger partial charge in [0, 0.05) is 16.5 Å². The van der Waals surface area contributed by atoms with Gasteiger partial charge in [-0.25, -0.2) is 14.3 Å². The van der Waals surface area contributed by atoms with Crippen LogP contribution in [0.25, 0.3) is 0 Å². The Kier molecular flexibility index (Phi) is 8.32. The lowest BCUT2D eigenvalue weighted by atomic mass is 9.95. The van der Waals surface area contributed by atoms with E-state index in [1.54, 1.807) is 28.9 Å². The summed E-state index contributed by atoms with van der Waals surface area (Å²) in [6, 6.07) is 14.0. The maximum Gasteiger partial charge on any atom is 0.338 e. The van der Waals surface area contributed by atoms with Crippen LogP contribution in [0.15, 0.2) is 65.0 Å². The minimum absolute atomic E-state index is 0.337. The number of carbonyl (C=O) groups excluding carboxylic acids is 2. The van der Waals surface area contributed by atoms with E-state index >= 15 is 0 Å². The number of hydrogen-bond acceptors (Lipinski definition) is 8. The summed E-state index contributed by atoms with van der Waals surface area (Å²) in [6.45, 7) is 4.19. The van der Waals surface area contributed by atoms with Crippen molar-refractivity contribution in [2.75, 3.05) is 19.0 Å². The summed E-state index contributed by atoms with van der Waals surface area (Å²) in [7, 11) is 1.34. The number of hydrogen-bond donors (Lipinski definition) is 1. The monoisotopic (exact) mass is 526 g/mol. The Morgan fingerprint density at radius 1 is 1.14 bits per heavy atom. The molecule has 1 N–H and O–H groups in total. The largest absolute Gasteiger partial charge is 0.465 e. The first kappa shape index (κ1) is 25.8. The van der Waals surface area contributed by atoms with E-state index in [4.69, 9.17) is 26.2 Å². The average Bonchev–Trinajstić information content (AvgIpc) is 3.29. The van der Waals surface area contributed by atoms with Crippen LogP contribution < -0.4 is 5.32 Å². The topological polar surface area (TPSA) is 95.3 Å². The van der Waals surface area contributed by atoms with E-state index in [1.807, 2.05) is 38.1 Å². The Morgan fingerprint density at radius 2 is 1.89 bits per heavy atom. The molecule has 1 aliphatic rings. The number of nitrogens with zero attached hydrogens (tertiary/aromatic N) is 3. The molecule has 10 heteroatoms. The van der Waals surface area contributed by atoms with Crippen LogP contribution in [0.2, 0.25) is 5.02 Å². The summed E-state index contributed by atoms with van der Waals surface area (Å²) in [6.07, 6.45) is 1.70. The van der Waals surface area contributed by atoms with Crippen LogP contribution in [0.5, 0.6) is 0 Å². The van der Waals surface area contributed by atoms with Crippen LogP contribution in [0.3, 0.4) is 0 Å². The van der Waals surface area contributed by atoms with Crippen molar-refractivity contribution in [1.29, 1.82) is 0 Å². The Balaban J connectivity index is 1.68. The molecule has 0 bridgehead atoms. The molecule has 1 aromatic heterocycles. The summed E-state index contributed by atoms with van der Waals surface area (Å²) < 4.78 is 12.1. The first-order valence-electron chi connectivity index (χ1n) is 11.6. The third-order valence-corrected chi connectivity index (χ3v) is 7.00. The van der Waals surface area contributed by atoms with Crippen molar-refractivity contribution < 1.29 is 19.1 Å². The molecule has 0 saturated carbocycles. The van der Waals surface area contributed by atoms with E-state index < -0.39 is 18.0 Å². The van der Waals surface area contributed by atoms with Gasteiger partial charge in [-0.2, -0.15) is 4.98 Å². The van der Waals surface area contributed by atoms with Crippen LogP contribution in [0.1, 0.15) is 54.2 Å². The van der Waals surface area contributed by atoms with Crippen molar-refractivity contribution in [3.63, 3.8) is 0 Å². The molecule has 0 spiro atoms. The summed E-state index contributed by atoms with van der Waals surface area (Å²) >= 11 is 7.75. The van der Waals surface area contributed by atoms with Crippen molar-refractivity contribution in [1.82, 2.24) is 14.8 Å². The number of benzene rings is 2. The number of allylic oxidation sites excluding steroid dienone is 1. The van der Waals surface area contributed by atoms with Crippen molar-refractivity contribution >= 4 is 41.2 Å². The number of unbranched alkanes of at least 4 members (excludes halogenated alkanes) is 1. The summed E-state index contributed by atoms with van der Waals surface area (Å²) in [4.78, 5) is 29.8. The summed E-state index contributed by atoms with van der Waals surface area (Å²) in [5, 5.41) is 9.15. The van der Waals surface area contributed by atoms with Crippen LogP contribution in [-0.4, -0.2) is 40.4 Å². The van der Waals surface area contributed by atoms with Crippen molar-refractivity contribution in [2.24, 2.45) is 0 Å². The number of rotatable bonds is 9. The highest BCUT2D eigenvalue weighted by Gasteiger charge is 2.35. The molecule has 3 aromatic rings. The van der Waals surface area contributed by atoms with E-state index in [2.05, 4.69) is 10.3 Å². The molecule has 0 aliphatic carbocycles. The normalized spacial score (nSPS) is 14.7. The number of thioether (sulfide) groups is 1. The smallest absolute Gasteiger partial charge is 0.338 e. The molecule has 1 aliphatic heterocycles. The fraction of sp³-hybridized carbons (Fsp3) is 0.308. The van der Waals surface area contributed by atoms with Gasteiger partial charge in [-0.1, -0.05) is 67.0 Å². The second-order valence-electron chi connectivity index (χ2n) is 8.21. The highest BCUT2D eigenvalue weighted by atomic mass is 35.5. The number of halogens is 1. The molecule has 2 heterocycles. The molecular formula is C26H27ClN4O4S. The van der Waals surface area contributed by atoms with Gasteiger partial charge in [0.15, 0.2) is 0 Å². The number of methoxy groups -OCH3 is 1. The minimum Gasteiger partial charge on any atom is -0.465 e. The zero-order valence-electron chi connectivity index (χ0n) is 20.3. The van der Waals surface area contributed by atoms with Crippen LogP contribution >= 0.6 is 23.4 Å². The molecule has 1 unspecified atom stereocenters. The lowest BCUT2D eigenvalue weighted by Gasteiger charge is -2.28. The highest BCUT2D eigenvalue weighted by molar-refractivity contribution is 7.98. The molecule has 0 radical (unpaired) electrons. The van der Waals surface area contributed by atoms with Crippen LogP contribution in [0, 0.1) is 0 Å². The SMILES string of the molecule is CCCCOC(=O)C1=C(C)Nc2nc(SCc3ccccc3Cl)nn2C1c1ccc(C(=O)OC)cc1. The van der Waals surface area contributed by atoms with E-state index in [1.165, 1.54) is 18.9 Å². The fourth-order valence-corrected chi connectivity index (χ4v) is 4.94. The first-order chi connectivity index (χ1) is 17.4. The quantitative estimate of drug-likeness (QED) is 0.217. The Hall–Kier alpha value is -3.30. The average molecular weight is 527 g/mol. The van der Waals surface area contributed by atoms with Gasteiger partial charge in [0.25, 0.3) is 0 Å². The summed E-state index contributed by atoms with van der Waals surface area (Å²) in [5.41, 5.74) is 3.24.